The largest absolute Gasteiger partial charge is 0.354 e. The molecule has 0 bridgehead atoms. The fourth-order valence-corrected chi connectivity index (χ4v) is 2.05. The molecule has 0 atom stereocenters. The third kappa shape index (κ3) is 6.00. The molecule has 1 aliphatic heterocycles. The smallest absolute Gasteiger partial charge is 0.220 e. The number of hydrogen-bond donors (Lipinski definition) is 2. The molecule has 0 saturated carbocycles. The lowest BCUT2D eigenvalue weighted by Crippen LogP contribution is -2.34. The van der Waals surface area contributed by atoms with Crippen molar-refractivity contribution in [1.29, 1.82) is 0 Å². The topological polar surface area (TPSA) is 59.6 Å². The molecule has 0 aromatic heterocycles. The second-order valence-corrected chi connectivity index (χ2v) is 4.44. The Morgan fingerprint density at radius 1 is 1.35 bits per heavy atom. The Labute approximate surface area is 103 Å². The molecule has 5 heteroatoms. The molecule has 0 unspecified atom stereocenters. The number of rotatable bonds is 7. The van der Waals surface area contributed by atoms with E-state index in [0.717, 1.165) is 19.5 Å². The van der Waals surface area contributed by atoms with Crippen molar-refractivity contribution in [3.05, 3.63) is 0 Å². The summed E-state index contributed by atoms with van der Waals surface area (Å²) in [6, 6.07) is 0. The number of piperidine rings is 1. The molecular formula is C12H24N2O3. The van der Waals surface area contributed by atoms with Gasteiger partial charge in [-0.1, -0.05) is 0 Å². The number of carbonyl (C=O) groups is 1. The Hall–Kier alpha value is -0.650. The highest BCUT2D eigenvalue weighted by Gasteiger charge is 2.15. The van der Waals surface area contributed by atoms with E-state index in [4.69, 9.17) is 9.47 Å². The minimum Gasteiger partial charge on any atom is -0.354 e. The third-order valence-corrected chi connectivity index (χ3v) is 3.23. The number of ether oxygens (including phenoxy) is 2. The molecule has 1 amide bonds. The first kappa shape index (κ1) is 14.4. The van der Waals surface area contributed by atoms with Crippen molar-refractivity contribution in [2.24, 2.45) is 5.92 Å². The molecule has 5 nitrogen and oxygen atoms in total. The Morgan fingerprint density at radius 3 is 2.59 bits per heavy atom. The van der Waals surface area contributed by atoms with Crippen LogP contribution in [0, 0.1) is 5.92 Å². The fraction of sp³-hybridized carbons (Fsp3) is 0.917. The van der Waals surface area contributed by atoms with Gasteiger partial charge in [0.1, 0.15) is 0 Å². The maximum Gasteiger partial charge on any atom is 0.220 e. The minimum atomic E-state index is -0.349. The Kier molecular flexibility index (Phi) is 7.16. The molecule has 1 heterocycles. The molecule has 2 N–H and O–H groups in total. The molecule has 1 saturated heterocycles. The zero-order valence-corrected chi connectivity index (χ0v) is 10.8. The Morgan fingerprint density at radius 2 is 2.00 bits per heavy atom. The van der Waals surface area contributed by atoms with Crippen LogP contribution in [0.15, 0.2) is 0 Å². The van der Waals surface area contributed by atoms with Gasteiger partial charge in [0.15, 0.2) is 6.29 Å². The van der Waals surface area contributed by atoms with Crippen LogP contribution in [-0.2, 0) is 14.3 Å². The SMILES string of the molecule is COC(CNC(=O)CCC1CCNCC1)OC. The van der Waals surface area contributed by atoms with Gasteiger partial charge in [0.2, 0.25) is 5.91 Å². The van der Waals surface area contributed by atoms with E-state index in [9.17, 15) is 4.79 Å². The molecule has 1 rings (SSSR count). The molecule has 0 aromatic carbocycles. The third-order valence-electron chi connectivity index (χ3n) is 3.23. The summed E-state index contributed by atoms with van der Waals surface area (Å²) in [6.45, 7) is 2.58. The van der Waals surface area contributed by atoms with E-state index in [2.05, 4.69) is 10.6 Å². The molecule has 100 valence electrons. The van der Waals surface area contributed by atoms with E-state index in [1.807, 2.05) is 0 Å². The lowest BCUT2D eigenvalue weighted by molar-refractivity contribution is -0.127. The summed E-state index contributed by atoms with van der Waals surface area (Å²) in [4.78, 5) is 11.6. The molecule has 0 spiro atoms. The fourth-order valence-electron chi connectivity index (χ4n) is 2.05. The first-order chi connectivity index (χ1) is 8.26. The van der Waals surface area contributed by atoms with Crippen molar-refractivity contribution in [1.82, 2.24) is 10.6 Å². The van der Waals surface area contributed by atoms with Crippen molar-refractivity contribution < 1.29 is 14.3 Å². The molecule has 0 aliphatic carbocycles. The van der Waals surface area contributed by atoms with E-state index < -0.39 is 0 Å². The second-order valence-electron chi connectivity index (χ2n) is 4.44. The van der Waals surface area contributed by atoms with Crippen molar-refractivity contribution in [3.8, 4) is 0 Å². The van der Waals surface area contributed by atoms with Gasteiger partial charge in [-0.25, -0.2) is 0 Å². The maximum absolute atomic E-state index is 11.6. The molecular weight excluding hydrogens is 220 g/mol. The first-order valence-corrected chi connectivity index (χ1v) is 6.29. The summed E-state index contributed by atoms with van der Waals surface area (Å²) in [5.41, 5.74) is 0. The van der Waals surface area contributed by atoms with Gasteiger partial charge in [-0.2, -0.15) is 0 Å². The van der Waals surface area contributed by atoms with Crippen LogP contribution in [-0.4, -0.2) is 46.1 Å². The van der Waals surface area contributed by atoms with Crippen LogP contribution in [0.1, 0.15) is 25.7 Å². The highest BCUT2D eigenvalue weighted by atomic mass is 16.7. The highest BCUT2D eigenvalue weighted by molar-refractivity contribution is 5.75. The summed E-state index contributed by atoms with van der Waals surface area (Å²) in [6.07, 6.45) is 3.61. The molecule has 17 heavy (non-hydrogen) atoms. The lowest BCUT2D eigenvalue weighted by atomic mass is 9.93. The van der Waals surface area contributed by atoms with Crippen LogP contribution in [0.3, 0.4) is 0 Å². The van der Waals surface area contributed by atoms with Gasteiger partial charge in [0.25, 0.3) is 0 Å². The summed E-state index contributed by atoms with van der Waals surface area (Å²) in [5, 5.41) is 6.14. The first-order valence-electron chi connectivity index (χ1n) is 6.29. The average Bonchev–Trinajstić information content (AvgIpc) is 2.39. The molecule has 0 aromatic rings. The van der Waals surface area contributed by atoms with Gasteiger partial charge in [-0.3, -0.25) is 4.79 Å². The van der Waals surface area contributed by atoms with Gasteiger partial charge in [-0.05, 0) is 38.3 Å². The molecule has 0 radical (unpaired) electrons. The predicted octanol–water partition coefficient (Wildman–Crippen LogP) is 0.501. The average molecular weight is 244 g/mol. The quantitative estimate of drug-likeness (QED) is 0.640. The zero-order valence-electron chi connectivity index (χ0n) is 10.8. The van der Waals surface area contributed by atoms with Crippen molar-refractivity contribution >= 4 is 5.91 Å². The van der Waals surface area contributed by atoms with E-state index in [-0.39, 0.29) is 12.2 Å². The number of nitrogens with one attached hydrogen (secondary N) is 2. The van der Waals surface area contributed by atoms with Crippen LogP contribution in [0.25, 0.3) is 0 Å². The minimum absolute atomic E-state index is 0.0858. The summed E-state index contributed by atoms with van der Waals surface area (Å²) >= 11 is 0. The zero-order chi connectivity index (χ0) is 12.5. The van der Waals surface area contributed by atoms with Crippen LogP contribution in [0.5, 0.6) is 0 Å². The van der Waals surface area contributed by atoms with Gasteiger partial charge in [0, 0.05) is 20.6 Å². The number of methoxy groups -OCH3 is 2. The molecule has 1 fully saturated rings. The monoisotopic (exact) mass is 244 g/mol. The van der Waals surface area contributed by atoms with Gasteiger partial charge in [0.05, 0.1) is 6.54 Å². The van der Waals surface area contributed by atoms with Gasteiger partial charge in [-0.15, -0.1) is 0 Å². The standard InChI is InChI=1S/C12H24N2O3/c1-16-12(17-2)9-14-11(15)4-3-10-5-7-13-8-6-10/h10,12-13H,3-9H2,1-2H3,(H,14,15). The Balaban J connectivity index is 2.07. The van der Waals surface area contributed by atoms with E-state index in [1.165, 1.54) is 12.8 Å². The van der Waals surface area contributed by atoms with Crippen LogP contribution < -0.4 is 10.6 Å². The number of carbonyl (C=O) groups excluding carboxylic acids is 1. The number of hydrogen-bond acceptors (Lipinski definition) is 4. The van der Waals surface area contributed by atoms with E-state index >= 15 is 0 Å². The maximum atomic E-state index is 11.6. The van der Waals surface area contributed by atoms with E-state index in [0.29, 0.717) is 18.9 Å². The summed E-state index contributed by atoms with van der Waals surface area (Å²) < 4.78 is 10.00. The summed E-state index contributed by atoms with van der Waals surface area (Å²) in [5.74, 6) is 0.783. The second kappa shape index (κ2) is 8.44. The predicted molar refractivity (Wildman–Crippen MR) is 65.6 cm³/mol. The van der Waals surface area contributed by atoms with Gasteiger partial charge >= 0.3 is 0 Å². The van der Waals surface area contributed by atoms with Crippen LogP contribution in [0.4, 0.5) is 0 Å². The van der Waals surface area contributed by atoms with Crippen LogP contribution in [0.2, 0.25) is 0 Å². The highest BCUT2D eigenvalue weighted by Crippen LogP contribution is 2.17. The van der Waals surface area contributed by atoms with Crippen molar-refractivity contribution in [2.45, 2.75) is 32.0 Å². The van der Waals surface area contributed by atoms with Gasteiger partial charge < -0.3 is 20.1 Å². The van der Waals surface area contributed by atoms with Crippen LogP contribution >= 0.6 is 0 Å². The van der Waals surface area contributed by atoms with Crippen molar-refractivity contribution in [3.63, 3.8) is 0 Å². The molecule has 1 aliphatic rings. The lowest BCUT2D eigenvalue weighted by Gasteiger charge is -2.22. The van der Waals surface area contributed by atoms with E-state index in [1.54, 1.807) is 14.2 Å². The Bertz CT molecular complexity index is 214. The van der Waals surface area contributed by atoms with Crippen molar-refractivity contribution in [2.75, 3.05) is 33.9 Å². The normalized spacial score (nSPS) is 17.4. The number of amides is 1. The summed E-state index contributed by atoms with van der Waals surface area (Å²) in [7, 11) is 3.13.